The van der Waals surface area contributed by atoms with Gasteiger partial charge in [-0.1, -0.05) is 27.2 Å². The summed E-state index contributed by atoms with van der Waals surface area (Å²) in [6.45, 7) is 8.22. The second-order valence-corrected chi connectivity index (χ2v) is 5.37. The Bertz CT molecular complexity index is 581. The quantitative estimate of drug-likeness (QED) is 0.757. The number of aromatic nitrogens is 1. The van der Waals surface area contributed by atoms with Gasteiger partial charge in [-0.25, -0.2) is 0 Å². The smallest absolute Gasteiger partial charge is 0.120 e. The Morgan fingerprint density at radius 3 is 2.62 bits per heavy atom. The van der Waals surface area contributed by atoms with Crippen LogP contribution in [-0.4, -0.2) is 18.1 Å². The molecule has 0 amide bonds. The minimum Gasteiger partial charge on any atom is -0.494 e. The fourth-order valence-corrected chi connectivity index (χ4v) is 2.36. The van der Waals surface area contributed by atoms with E-state index >= 15 is 0 Å². The van der Waals surface area contributed by atoms with Crippen molar-refractivity contribution in [2.24, 2.45) is 0 Å². The summed E-state index contributed by atoms with van der Waals surface area (Å²) in [5, 5.41) is 4.67. The van der Waals surface area contributed by atoms with Crippen molar-refractivity contribution in [3.63, 3.8) is 0 Å². The largest absolute Gasteiger partial charge is 0.494 e. The topological polar surface area (TPSA) is 34.2 Å². The van der Waals surface area contributed by atoms with Gasteiger partial charge in [-0.15, -0.1) is 0 Å². The number of hydrogen-bond acceptors (Lipinski definition) is 3. The van der Waals surface area contributed by atoms with Gasteiger partial charge in [0.25, 0.3) is 0 Å². The predicted octanol–water partition coefficient (Wildman–Crippen LogP) is 4.80. The Labute approximate surface area is 127 Å². The monoisotopic (exact) mass is 286 g/mol. The first-order valence-electron chi connectivity index (χ1n) is 8.08. The van der Waals surface area contributed by atoms with Crippen LogP contribution in [0.15, 0.2) is 24.3 Å². The van der Waals surface area contributed by atoms with E-state index in [-0.39, 0.29) is 0 Å². The average Bonchev–Trinajstić information content (AvgIpc) is 2.51. The van der Waals surface area contributed by atoms with Crippen molar-refractivity contribution in [2.45, 2.75) is 46.5 Å². The molecule has 1 N–H and O–H groups in total. The van der Waals surface area contributed by atoms with E-state index in [1.807, 2.05) is 6.07 Å². The molecule has 2 rings (SSSR count). The van der Waals surface area contributed by atoms with Crippen molar-refractivity contribution in [1.29, 1.82) is 0 Å². The molecule has 0 aliphatic rings. The van der Waals surface area contributed by atoms with Crippen molar-refractivity contribution in [3.8, 4) is 5.75 Å². The first kappa shape index (κ1) is 15.6. The molecule has 0 unspecified atom stereocenters. The first-order valence-corrected chi connectivity index (χ1v) is 8.08. The fraction of sp³-hybridized carbons (Fsp3) is 0.500. The summed E-state index contributed by atoms with van der Waals surface area (Å²) in [4.78, 5) is 4.76. The van der Waals surface area contributed by atoms with Gasteiger partial charge in [0.15, 0.2) is 0 Å². The number of ether oxygens (including phenoxy) is 1. The van der Waals surface area contributed by atoms with Crippen LogP contribution in [0.2, 0.25) is 0 Å². The lowest BCUT2D eigenvalue weighted by Crippen LogP contribution is -2.03. The molecule has 0 aliphatic heterocycles. The maximum Gasteiger partial charge on any atom is 0.120 e. The van der Waals surface area contributed by atoms with Gasteiger partial charge in [0.1, 0.15) is 5.75 Å². The number of aryl methyl sites for hydroxylation is 1. The molecule has 0 spiro atoms. The fourth-order valence-electron chi connectivity index (χ4n) is 2.36. The molecule has 3 heteroatoms. The van der Waals surface area contributed by atoms with Crippen LogP contribution in [0.5, 0.6) is 5.75 Å². The van der Waals surface area contributed by atoms with Crippen LogP contribution >= 0.6 is 0 Å². The van der Waals surface area contributed by atoms with Gasteiger partial charge < -0.3 is 10.1 Å². The number of nitrogens with one attached hydrogen (secondary N) is 1. The summed E-state index contributed by atoms with van der Waals surface area (Å²) < 4.78 is 5.74. The minimum absolute atomic E-state index is 0.755. The lowest BCUT2D eigenvalue weighted by atomic mass is 10.1. The van der Waals surface area contributed by atoms with Gasteiger partial charge in [-0.05, 0) is 43.5 Å². The van der Waals surface area contributed by atoms with Crippen LogP contribution < -0.4 is 10.1 Å². The minimum atomic E-state index is 0.755. The molecule has 2 aromatic rings. The van der Waals surface area contributed by atoms with Gasteiger partial charge in [-0.3, -0.25) is 4.98 Å². The zero-order chi connectivity index (χ0) is 15.1. The maximum absolute atomic E-state index is 5.74. The number of anilines is 1. The van der Waals surface area contributed by atoms with E-state index in [1.54, 1.807) is 0 Å². The molecule has 0 fully saturated rings. The van der Waals surface area contributed by atoms with Crippen LogP contribution in [0.3, 0.4) is 0 Å². The van der Waals surface area contributed by atoms with Crippen molar-refractivity contribution in [2.75, 3.05) is 18.5 Å². The third kappa shape index (κ3) is 4.10. The Morgan fingerprint density at radius 2 is 1.90 bits per heavy atom. The molecule has 0 bridgehead atoms. The normalized spacial score (nSPS) is 10.8. The van der Waals surface area contributed by atoms with Crippen LogP contribution in [0, 0.1) is 0 Å². The van der Waals surface area contributed by atoms with E-state index < -0.39 is 0 Å². The Balaban J connectivity index is 2.40. The van der Waals surface area contributed by atoms with Crippen LogP contribution in [-0.2, 0) is 6.42 Å². The molecular weight excluding hydrogens is 260 g/mol. The van der Waals surface area contributed by atoms with Gasteiger partial charge in [0.05, 0.1) is 12.1 Å². The molecule has 1 heterocycles. The number of rotatable bonds is 8. The van der Waals surface area contributed by atoms with E-state index in [0.29, 0.717) is 0 Å². The van der Waals surface area contributed by atoms with Gasteiger partial charge in [-0.2, -0.15) is 0 Å². The number of benzene rings is 1. The Kier molecular flexibility index (Phi) is 5.85. The zero-order valence-corrected chi connectivity index (χ0v) is 13.4. The van der Waals surface area contributed by atoms with Crippen molar-refractivity contribution in [3.05, 3.63) is 30.0 Å². The van der Waals surface area contributed by atoms with Gasteiger partial charge >= 0.3 is 0 Å². The van der Waals surface area contributed by atoms with E-state index in [9.17, 15) is 0 Å². The van der Waals surface area contributed by atoms with E-state index in [2.05, 4.69) is 44.3 Å². The summed E-state index contributed by atoms with van der Waals surface area (Å²) in [5.74, 6) is 0.925. The summed E-state index contributed by atoms with van der Waals surface area (Å²) in [5.41, 5.74) is 3.38. The zero-order valence-electron chi connectivity index (χ0n) is 13.4. The van der Waals surface area contributed by atoms with Crippen molar-refractivity contribution < 1.29 is 4.74 Å². The second-order valence-electron chi connectivity index (χ2n) is 5.37. The van der Waals surface area contributed by atoms with E-state index in [0.717, 1.165) is 61.2 Å². The molecule has 21 heavy (non-hydrogen) atoms. The third-order valence-electron chi connectivity index (χ3n) is 3.38. The maximum atomic E-state index is 5.74. The summed E-state index contributed by atoms with van der Waals surface area (Å²) in [6.07, 6.45) is 4.26. The summed E-state index contributed by atoms with van der Waals surface area (Å²) in [6, 6.07) is 8.37. The molecule has 1 aromatic carbocycles. The first-order chi connectivity index (χ1) is 10.3. The highest BCUT2D eigenvalue weighted by Crippen LogP contribution is 2.28. The molecule has 0 saturated heterocycles. The number of nitrogens with zero attached hydrogens (tertiary/aromatic N) is 1. The van der Waals surface area contributed by atoms with Gasteiger partial charge in [0, 0.05) is 23.3 Å². The highest BCUT2D eigenvalue weighted by atomic mass is 16.5. The highest BCUT2D eigenvalue weighted by molar-refractivity contribution is 5.92. The lowest BCUT2D eigenvalue weighted by Gasteiger charge is -2.13. The summed E-state index contributed by atoms with van der Waals surface area (Å²) >= 11 is 0. The van der Waals surface area contributed by atoms with E-state index in [1.165, 1.54) is 5.69 Å². The molecule has 0 atom stereocenters. The number of fused-ring (bicyclic) bond motifs is 1. The van der Waals surface area contributed by atoms with Crippen LogP contribution in [0.25, 0.3) is 10.9 Å². The molecule has 3 nitrogen and oxygen atoms in total. The Morgan fingerprint density at radius 1 is 1.05 bits per heavy atom. The second kappa shape index (κ2) is 7.87. The SMILES string of the molecule is CCCNc1cc(CCC)nc2ccc(OCCC)cc12. The standard InChI is InChI=1S/C18H26N2O/c1-4-7-14-12-18(19-10-5-2)16-13-15(21-11-6-3)8-9-17(16)20-14/h8-9,12-13H,4-7,10-11H2,1-3H3,(H,19,20). The van der Waals surface area contributed by atoms with Crippen LogP contribution in [0.4, 0.5) is 5.69 Å². The molecule has 0 aliphatic carbocycles. The number of pyridine rings is 1. The van der Waals surface area contributed by atoms with Crippen molar-refractivity contribution >= 4 is 16.6 Å². The van der Waals surface area contributed by atoms with Gasteiger partial charge in [0.2, 0.25) is 0 Å². The molecule has 1 aromatic heterocycles. The molecular formula is C18H26N2O. The average molecular weight is 286 g/mol. The third-order valence-corrected chi connectivity index (χ3v) is 3.38. The van der Waals surface area contributed by atoms with E-state index in [4.69, 9.17) is 9.72 Å². The summed E-state index contributed by atoms with van der Waals surface area (Å²) in [7, 11) is 0. The molecule has 114 valence electrons. The number of hydrogen-bond donors (Lipinski definition) is 1. The molecule has 0 saturated carbocycles. The Hall–Kier alpha value is -1.77. The predicted molar refractivity (Wildman–Crippen MR) is 90.3 cm³/mol. The highest BCUT2D eigenvalue weighted by Gasteiger charge is 2.07. The lowest BCUT2D eigenvalue weighted by molar-refractivity contribution is 0.318. The van der Waals surface area contributed by atoms with Crippen molar-refractivity contribution in [1.82, 2.24) is 4.98 Å². The molecule has 0 radical (unpaired) electrons. The van der Waals surface area contributed by atoms with Crippen LogP contribution in [0.1, 0.15) is 45.7 Å².